The second kappa shape index (κ2) is 16.0. The Labute approximate surface area is 226 Å². The molecule has 0 spiro atoms. The number of carbonyl (C=O) groups is 3. The molecule has 38 heavy (non-hydrogen) atoms. The number of hydrogen-bond donors (Lipinski definition) is 1. The molecule has 2 atom stereocenters. The summed E-state index contributed by atoms with van der Waals surface area (Å²) in [4.78, 5) is 32.5. The lowest BCUT2D eigenvalue weighted by molar-refractivity contribution is -0.156. The predicted octanol–water partition coefficient (Wildman–Crippen LogP) is 2.79. The van der Waals surface area contributed by atoms with E-state index < -0.39 is 26.4 Å². The van der Waals surface area contributed by atoms with Crippen molar-refractivity contribution in [2.24, 2.45) is 0 Å². The van der Waals surface area contributed by atoms with Crippen molar-refractivity contribution in [2.45, 2.75) is 50.9 Å². The van der Waals surface area contributed by atoms with Crippen LogP contribution in [0, 0.1) is 0 Å². The molecule has 0 bridgehead atoms. The molecule has 0 aliphatic carbocycles. The van der Waals surface area contributed by atoms with Gasteiger partial charge in [-0.25, -0.2) is 4.79 Å². The van der Waals surface area contributed by atoms with Gasteiger partial charge in [0, 0.05) is 14.2 Å². The Kier molecular flexibility index (Phi) is 13.9. The predicted molar refractivity (Wildman–Crippen MR) is 146 cm³/mol. The van der Waals surface area contributed by atoms with Gasteiger partial charge in [0.25, 0.3) is 8.32 Å². The van der Waals surface area contributed by atoms with Crippen LogP contribution in [0.3, 0.4) is 0 Å². The van der Waals surface area contributed by atoms with Crippen LogP contribution in [-0.4, -0.2) is 78.6 Å². The summed E-state index contributed by atoms with van der Waals surface area (Å²) in [5, 5.41) is 10.7. The molecule has 9 nitrogen and oxygen atoms in total. The smallest absolute Gasteiger partial charge is 0.333 e. The molecule has 0 aliphatic rings. The van der Waals surface area contributed by atoms with Gasteiger partial charge in [-0.1, -0.05) is 81.4 Å². The van der Waals surface area contributed by atoms with Gasteiger partial charge < -0.3 is 28.5 Å². The molecule has 2 aromatic rings. The zero-order valence-corrected chi connectivity index (χ0v) is 24.3. The van der Waals surface area contributed by atoms with Crippen molar-refractivity contribution in [3.8, 4) is 0 Å². The van der Waals surface area contributed by atoms with Gasteiger partial charge in [0.1, 0.15) is 0 Å². The van der Waals surface area contributed by atoms with Gasteiger partial charge in [0.15, 0.2) is 6.10 Å². The topological polar surface area (TPSA) is 118 Å². The van der Waals surface area contributed by atoms with E-state index in [-0.39, 0.29) is 30.0 Å². The molecule has 0 fully saturated rings. The molecule has 1 N–H and O–H groups in total. The summed E-state index contributed by atoms with van der Waals surface area (Å²) in [6.07, 6.45) is -1.55. The second-order valence-electron chi connectivity index (χ2n) is 9.46. The molecule has 210 valence electrons. The third-order valence-corrected chi connectivity index (χ3v) is 11.0. The number of rotatable bonds is 12. The van der Waals surface area contributed by atoms with Crippen LogP contribution in [-0.2, 0) is 37.8 Å². The quantitative estimate of drug-likeness (QED) is 0.316. The standard InChI is InChI=1S/C22H30O4Si.C6H10O5/c1-22(2,3)27(19-12-8-6-9-13-19,20-14-10-7-11-15-20)26-17-18(24-4)16-21(23)25-5;1-10-4(6(8)9)3-5(7)11-2/h6-15,18H,16-17H2,1-5H3;4H,3H2,1-2H3,(H,8,9)/t18-;4-/m00/s1. The average molecular weight is 549 g/mol. The summed E-state index contributed by atoms with van der Waals surface area (Å²) in [5.41, 5.74) is 0. The highest BCUT2D eigenvalue weighted by atomic mass is 28.4. The number of ether oxygens (including phenoxy) is 4. The van der Waals surface area contributed by atoms with E-state index in [9.17, 15) is 14.4 Å². The first-order valence-electron chi connectivity index (χ1n) is 12.1. The maximum atomic E-state index is 11.7. The van der Waals surface area contributed by atoms with Crippen molar-refractivity contribution in [3.05, 3.63) is 60.7 Å². The third-order valence-electron chi connectivity index (χ3n) is 6.00. The first-order valence-corrected chi connectivity index (χ1v) is 14.0. The number of carboxylic acids is 1. The van der Waals surface area contributed by atoms with E-state index in [0.29, 0.717) is 6.61 Å². The number of carboxylic acid groups (broad SMARTS) is 1. The van der Waals surface area contributed by atoms with Gasteiger partial charge in [-0.2, -0.15) is 0 Å². The molecular formula is C28H40O9Si. The normalized spacial score (nSPS) is 12.9. The largest absolute Gasteiger partial charge is 0.479 e. The average Bonchev–Trinajstić information content (AvgIpc) is 2.91. The van der Waals surface area contributed by atoms with Gasteiger partial charge in [-0.3, -0.25) is 9.59 Å². The molecule has 2 rings (SSSR count). The molecular weight excluding hydrogens is 508 g/mol. The Balaban J connectivity index is 0.000000554. The van der Waals surface area contributed by atoms with Crippen LogP contribution >= 0.6 is 0 Å². The number of benzene rings is 2. The van der Waals surface area contributed by atoms with E-state index in [4.69, 9.17) is 19.0 Å². The maximum absolute atomic E-state index is 11.7. The highest BCUT2D eigenvalue weighted by Crippen LogP contribution is 2.36. The third kappa shape index (κ3) is 9.36. The minimum atomic E-state index is -2.62. The van der Waals surface area contributed by atoms with Crippen molar-refractivity contribution in [3.63, 3.8) is 0 Å². The summed E-state index contributed by atoms with van der Waals surface area (Å²) in [7, 11) is 2.78. The Morgan fingerprint density at radius 3 is 1.55 bits per heavy atom. The molecule has 2 aromatic carbocycles. The summed E-state index contributed by atoms with van der Waals surface area (Å²) in [5.74, 6) is -2.06. The van der Waals surface area contributed by atoms with E-state index in [1.807, 2.05) is 12.1 Å². The van der Waals surface area contributed by atoms with Crippen LogP contribution in [0.5, 0.6) is 0 Å². The maximum Gasteiger partial charge on any atom is 0.333 e. The molecule has 10 heteroatoms. The van der Waals surface area contributed by atoms with Gasteiger partial charge in [-0.05, 0) is 15.4 Å². The molecule has 0 aromatic heterocycles. The highest BCUT2D eigenvalue weighted by Gasteiger charge is 2.50. The van der Waals surface area contributed by atoms with Crippen molar-refractivity contribution < 1.29 is 42.9 Å². The molecule has 0 aliphatic heterocycles. The Morgan fingerprint density at radius 1 is 0.763 bits per heavy atom. The fourth-order valence-electron chi connectivity index (χ4n) is 3.97. The van der Waals surface area contributed by atoms with Crippen molar-refractivity contribution in [2.75, 3.05) is 35.0 Å². The van der Waals surface area contributed by atoms with Crippen LogP contribution < -0.4 is 10.4 Å². The van der Waals surface area contributed by atoms with Crippen molar-refractivity contribution in [1.29, 1.82) is 0 Å². The highest BCUT2D eigenvalue weighted by molar-refractivity contribution is 6.99. The molecule has 0 unspecified atom stereocenters. The lowest BCUT2D eigenvalue weighted by Gasteiger charge is -2.43. The number of carbonyl (C=O) groups excluding carboxylic acids is 2. The van der Waals surface area contributed by atoms with Crippen LogP contribution in [0.25, 0.3) is 0 Å². The van der Waals surface area contributed by atoms with E-state index in [1.165, 1.54) is 31.7 Å². The molecule has 0 saturated carbocycles. The van der Waals surface area contributed by atoms with Gasteiger partial charge in [-0.15, -0.1) is 0 Å². The summed E-state index contributed by atoms with van der Waals surface area (Å²) in [6, 6.07) is 20.8. The van der Waals surface area contributed by atoms with Crippen molar-refractivity contribution >= 4 is 36.6 Å². The van der Waals surface area contributed by atoms with Gasteiger partial charge in [0.05, 0.1) is 39.8 Å². The Hall–Kier alpha value is -3.05. The lowest BCUT2D eigenvalue weighted by Crippen LogP contribution is -2.67. The summed E-state index contributed by atoms with van der Waals surface area (Å²) >= 11 is 0. The van der Waals surface area contributed by atoms with Crippen molar-refractivity contribution in [1.82, 2.24) is 0 Å². The van der Waals surface area contributed by atoms with Gasteiger partial charge >= 0.3 is 17.9 Å². The van der Waals surface area contributed by atoms with Crippen LogP contribution in [0.1, 0.15) is 33.6 Å². The SMILES string of the molecule is COC(=O)C[C@@H](CO[Si](c1ccccc1)(c1ccccc1)C(C)(C)C)OC.COC(=O)C[C@H](OC)C(=O)O. The van der Waals surface area contributed by atoms with E-state index in [1.54, 1.807) is 7.11 Å². The molecule has 0 heterocycles. The van der Waals surface area contributed by atoms with Crippen LogP contribution in [0.4, 0.5) is 0 Å². The number of methoxy groups -OCH3 is 4. The molecule has 0 saturated heterocycles. The second-order valence-corrected chi connectivity index (χ2v) is 13.8. The number of aliphatic carboxylic acids is 1. The fourth-order valence-corrected chi connectivity index (χ4v) is 8.56. The van der Waals surface area contributed by atoms with Gasteiger partial charge in [0.2, 0.25) is 0 Å². The first kappa shape index (κ1) is 33.0. The van der Waals surface area contributed by atoms with E-state index >= 15 is 0 Å². The van der Waals surface area contributed by atoms with E-state index in [0.717, 1.165) is 0 Å². The fraction of sp³-hybridized carbons (Fsp3) is 0.464. The zero-order chi connectivity index (χ0) is 28.8. The lowest BCUT2D eigenvalue weighted by atomic mass is 10.2. The Bertz CT molecular complexity index is 951. The van der Waals surface area contributed by atoms with Crippen LogP contribution in [0.15, 0.2) is 60.7 Å². The minimum absolute atomic E-state index is 0.112. The number of esters is 2. The summed E-state index contributed by atoms with van der Waals surface area (Å²) < 4.78 is 25.8. The monoisotopic (exact) mass is 548 g/mol. The zero-order valence-electron chi connectivity index (χ0n) is 23.3. The Morgan fingerprint density at radius 2 is 1.21 bits per heavy atom. The molecule has 0 radical (unpaired) electrons. The summed E-state index contributed by atoms with van der Waals surface area (Å²) in [6.45, 7) is 7.00. The number of hydrogen-bond acceptors (Lipinski definition) is 8. The van der Waals surface area contributed by atoms with Crippen LogP contribution in [0.2, 0.25) is 5.04 Å². The minimum Gasteiger partial charge on any atom is -0.479 e. The van der Waals surface area contributed by atoms with E-state index in [2.05, 4.69) is 78.8 Å². The molecule has 0 amide bonds. The first-order chi connectivity index (χ1) is 18.0.